The Morgan fingerprint density at radius 3 is 2.68 bits per heavy atom. The Balaban J connectivity index is 1.44. The van der Waals surface area contributed by atoms with Crippen molar-refractivity contribution in [2.45, 2.75) is 25.4 Å². The van der Waals surface area contributed by atoms with Gasteiger partial charge in [0.15, 0.2) is 5.82 Å². The summed E-state index contributed by atoms with van der Waals surface area (Å²) in [6.07, 6.45) is 9.67. The lowest BCUT2D eigenvalue weighted by Crippen LogP contribution is -2.26. The molecule has 2 atom stereocenters. The minimum absolute atomic E-state index is 0.450. The molecule has 0 unspecified atom stereocenters. The summed E-state index contributed by atoms with van der Waals surface area (Å²) in [7, 11) is 0. The molecule has 6 heteroatoms. The molecule has 5 heterocycles. The number of hydrogen-bond donors (Lipinski definition) is 0. The Hall–Kier alpha value is -2.60. The second-order valence-corrected chi connectivity index (χ2v) is 6.97. The zero-order valence-corrected chi connectivity index (χ0v) is 14.0. The smallest absolute Gasteiger partial charge is 0.165 e. The van der Waals surface area contributed by atoms with Crippen molar-refractivity contribution in [3.05, 3.63) is 60.4 Å². The van der Waals surface area contributed by atoms with Crippen LogP contribution in [-0.2, 0) is 13.0 Å². The van der Waals surface area contributed by atoms with Gasteiger partial charge >= 0.3 is 0 Å². The van der Waals surface area contributed by atoms with Crippen molar-refractivity contribution in [2.75, 3.05) is 13.1 Å². The van der Waals surface area contributed by atoms with Crippen LogP contribution in [0.15, 0.2) is 49.1 Å². The summed E-state index contributed by atoms with van der Waals surface area (Å²) in [6.45, 7) is 3.13. The summed E-state index contributed by atoms with van der Waals surface area (Å²) in [4.78, 5) is 11.0. The third-order valence-corrected chi connectivity index (χ3v) is 5.37. The Bertz CT molecular complexity index is 860. The third-order valence-electron chi connectivity index (χ3n) is 5.37. The molecule has 1 fully saturated rings. The number of likely N-dealkylation sites (tertiary alicyclic amines) is 1. The van der Waals surface area contributed by atoms with Crippen LogP contribution in [0.2, 0.25) is 0 Å². The molecular weight excluding hydrogens is 312 g/mol. The monoisotopic (exact) mass is 332 g/mol. The molecule has 0 bridgehead atoms. The molecule has 25 heavy (non-hydrogen) atoms. The molecule has 2 aliphatic heterocycles. The van der Waals surface area contributed by atoms with Gasteiger partial charge in [-0.3, -0.25) is 14.9 Å². The molecule has 0 aromatic carbocycles. The summed E-state index contributed by atoms with van der Waals surface area (Å²) in [6, 6.07) is 8.64. The second-order valence-electron chi connectivity index (χ2n) is 6.97. The molecule has 5 rings (SSSR count). The molecule has 1 saturated heterocycles. The van der Waals surface area contributed by atoms with Crippen LogP contribution >= 0.6 is 0 Å². The van der Waals surface area contributed by atoms with Crippen molar-refractivity contribution in [3.8, 4) is 11.4 Å². The van der Waals surface area contributed by atoms with Crippen LogP contribution in [-0.4, -0.2) is 42.7 Å². The maximum atomic E-state index is 4.48. The van der Waals surface area contributed by atoms with Crippen LogP contribution in [0.4, 0.5) is 0 Å². The first-order valence-corrected chi connectivity index (χ1v) is 8.84. The molecule has 0 saturated carbocycles. The van der Waals surface area contributed by atoms with Crippen molar-refractivity contribution >= 4 is 0 Å². The first-order chi connectivity index (χ1) is 12.4. The van der Waals surface area contributed by atoms with E-state index < -0.39 is 0 Å². The van der Waals surface area contributed by atoms with Gasteiger partial charge in [0, 0.05) is 56.4 Å². The fourth-order valence-electron chi connectivity index (χ4n) is 4.25. The highest BCUT2D eigenvalue weighted by molar-refractivity contribution is 5.54. The van der Waals surface area contributed by atoms with E-state index in [1.165, 1.54) is 12.0 Å². The van der Waals surface area contributed by atoms with Gasteiger partial charge in [0.2, 0.25) is 0 Å². The molecule has 3 aromatic heterocycles. The maximum absolute atomic E-state index is 4.48. The van der Waals surface area contributed by atoms with Crippen LogP contribution in [0.1, 0.15) is 23.9 Å². The van der Waals surface area contributed by atoms with Crippen molar-refractivity contribution < 1.29 is 0 Å². The summed E-state index contributed by atoms with van der Waals surface area (Å²) >= 11 is 0. The summed E-state index contributed by atoms with van der Waals surface area (Å²) in [5.41, 5.74) is 2.32. The van der Waals surface area contributed by atoms with Crippen LogP contribution in [0, 0.1) is 5.92 Å². The van der Waals surface area contributed by atoms with Gasteiger partial charge in [-0.2, -0.15) is 0 Å². The van der Waals surface area contributed by atoms with Gasteiger partial charge in [-0.1, -0.05) is 6.07 Å². The van der Waals surface area contributed by atoms with Crippen molar-refractivity contribution in [1.82, 2.24) is 29.6 Å². The van der Waals surface area contributed by atoms with E-state index in [0.717, 1.165) is 43.3 Å². The lowest BCUT2D eigenvalue weighted by atomic mass is 9.93. The van der Waals surface area contributed by atoms with Gasteiger partial charge in [-0.05, 0) is 36.1 Å². The fraction of sp³-hybridized carbons (Fsp3) is 0.368. The zero-order valence-electron chi connectivity index (χ0n) is 14.0. The highest BCUT2D eigenvalue weighted by Gasteiger charge is 2.39. The molecular formula is C19H20N6. The van der Waals surface area contributed by atoms with Crippen LogP contribution in [0.25, 0.3) is 11.4 Å². The van der Waals surface area contributed by atoms with Gasteiger partial charge < -0.3 is 4.57 Å². The first-order valence-electron chi connectivity index (χ1n) is 8.84. The first kappa shape index (κ1) is 14.7. The molecule has 6 nitrogen and oxygen atoms in total. The van der Waals surface area contributed by atoms with Crippen LogP contribution in [0.3, 0.4) is 0 Å². The van der Waals surface area contributed by atoms with Gasteiger partial charge in [0.25, 0.3) is 0 Å². The van der Waals surface area contributed by atoms with Crippen LogP contribution < -0.4 is 0 Å². The quantitative estimate of drug-likeness (QED) is 0.737. The second kappa shape index (κ2) is 6.04. The molecule has 0 N–H and O–H groups in total. The minimum atomic E-state index is 0.450. The molecule has 2 aliphatic rings. The van der Waals surface area contributed by atoms with Gasteiger partial charge in [0.1, 0.15) is 5.82 Å². The van der Waals surface area contributed by atoms with E-state index in [0.29, 0.717) is 12.0 Å². The van der Waals surface area contributed by atoms with Crippen molar-refractivity contribution in [3.63, 3.8) is 0 Å². The zero-order chi connectivity index (χ0) is 16.6. The van der Waals surface area contributed by atoms with E-state index >= 15 is 0 Å². The van der Waals surface area contributed by atoms with Gasteiger partial charge in [-0.15, -0.1) is 10.2 Å². The van der Waals surface area contributed by atoms with E-state index in [9.17, 15) is 0 Å². The standard InChI is InChI=1S/C19H20N6/c1-3-14(9-20-7-1)11-24-12-16-5-6-18-22-23-19(25(18)17(16)13-24)15-4-2-8-21-10-15/h1-4,7-10,16-17H,5-6,11-13H2/t16-,17+/m1/s1. The molecule has 126 valence electrons. The largest absolute Gasteiger partial charge is 0.306 e. The van der Waals surface area contributed by atoms with Crippen molar-refractivity contribution in [1.29, 1.82) is 0 Å². The number of pyridine rings is 2. The van der Waals surface area contributed by atoms with Crippen LogP contribution in [0.5, 0.6) is 0 Å². The normalized spacial score (nSPS) is 22.6. The lowest BCUT2D eigenvalue weighted by Gasteiger charge is -2.27. The van der Waals surface area contributed by atoms with E-state index in [4.69, 9.17) is 0 Å². The number of fused-ring (bicyclic) bond motifs is 3. The van der Waals surface area contributed by atoms with Crippen molar-refractivity contribution in [2.24, 2.45) is 5.92 Å². The maximum Gasteiger partial charge on any atom is 0.165 e. The van der Waals surface area contributed by atoms with E-state index in [-0.39, 0.29) is 0 Å². The highest BCUT2D eigenvalue weighted by atomic mass is 15.3. The minimum Gasteiger partial charge on any atom is -0.306 e. The topological polar surface area (TPSA) is 59.7 Å². The predicted octanol–water partition coefficient (Wildman–Crippen LogP) is 2.35. The molecule has 0 spiro atoms. The Morgan fingerprint density at radius 1 is 1.00 bits per heavy atom. The number of hydrogen-bond acceptors (Lipinski definition) is 5. The Morgan fingerprint density at radius 2 is 1.88 bits per heavy atom. The van der Waals surface area contributed by atoms with E-state index in [1.807, 2.05) is 30.7 Å². The van der Waals surface area contributed by atoms with Gasteiger partial charge in [-0.25, -0.2) is 0 Å². The molecule has 0 aliphatic carbocycles. The molecule has 0 radical (unpaired) electrons. The lowest BCUT2D eigenvalue weighted by molar-refractivity contribution is 0.313. The summed E-state index contributed by atoms with van der Waals surface area (Å²) in [5.74, 6) is 2.74. The molecule has 0 amide bonds. The SMILES string of the molecule is c1cncc(CN2C[C@H]3CCc4nnc(-c5cccnc5)n4[C@H]3C2)c1. The Labute approximate surface area is 146 Å². The summed E-state index contributed by atoms with van der Waals surface area (Å²) in [5, 5.41) is 8.94. The van der Waals surface area contributed by atoms with Gasteiger partial charge in [0.05, 0.1) is 6.04 Å². The van der Waals surface area contributed by atoms with E-state index in [1.54, 1.807) is 6.20 Å². The summed E-state index contributed by atoms with van der Waals surface area (Å²) < 4.78 is 2.37. The fourth-order valence-corrected chi connectivity index (χ4v) is 4.25. The Kier molecular flexibility index (Phi) is 3.56. The predicted molar refractivity (Wildman–Crippen MR) is 93.6 cm³/mol. The average Bonchev–Trinajstić information content (AvgIpc) is 3.26. The number of aryl methyl sites for hydroxylation is 1. The van der Waals surface area contributed by atoms with E-state index in [2.05, 4.69) is 41.8 Å². The number of rotatable bonds is 3. The number of aromatic nitrogens is 5. The molecule has 3 aromatic rings. The third kappa shape index (κ3) is 2.62. The average molecular weight is 332 g/mol. The number of nitrogens with zero attached hydrogens (tertiary/aromatic N) is 6. The highest BCUT2D eigenvalue weighted by Crippen LogP contribution is 2.39.